The van der Waals surface area contributed by atoms with Crippen molar-refractivity contribution < 1.29 is 9.59 Å². The molecular weight excluding hydrogens is 376 g/mol. The number of carbonyl (C=O) groups excluding carboxylic acids is 2. The van der Waals surface area contributed by atoms with Crippen LogP contribution < -0.4 is 10.6 Å². The van der Waals surface area contributed by atoms with Gasteiger partial charge < -0.3 is 10.6 Å². The average Bonchev–Trinajstić information content (AvgIpc) is 3.31. The minimum absolute atomic E-state index is 0.150. The minimum Gasteiger partial charge on any atom is -0.349 e. The molecule has 0 fully saturated rings. The molecule has 1 aromatic heterocycles. The number of nitrogens with zero attached hydrogens (tertiary/aromatic N) is 2. The van der Waals surface area contributed by atoms with Crippen molar-refractivity contribution in [1.29, 1.82) is 0 Å². The van der Waals surface area contributed by atoms with Gasteiger partial charge in [-0.05, 0) is 43.9 Å². The van der Waals surface area contributed by atoms with E-state index in [-0.39, 0.29) is 24.3 Å². The highest BCUT2D eigenvalue weighted by atomic mass is 16.2. The van der Waals surface area contributed by atoms with Gasteiger partial charge in [0.15, 0.2) is 0 Å². The van der Waals surface area contributed by atoms with E-state index in [0.29, 0.717) is 0 Å². The summed E-state index contributed by atoms with van der Waals surface area (Å²) in [6.45, 7) is 3.48. The topological polar surface area (TPSA) is 76.0 Å². The van der Waals surface area contributed by atoms with Gasteiger partial charge in [0, 0.05) is 12.5 Å². The Balaban J connectivity index is 1.58. The van der Waals surface area contributed by atoms with Crippen LogP contribution in [0.15, 0.2) is 54.6 Å². The summed E-state index contributed by atoms with van der Waals surface area (Å²) in [5.41, 5.74) is 5.11. The fourth-order valence-corrected chi connectivity index (χ4v) is 3.94. The summed E-state index contributed by atoms with van der Waals surface area (Å²) in [6.07, 6.45) is 3.03. The zero-order valence-corrected chi connectivity index (χ0v) is 17.3. The Bertz CT molecular complexity index is 1050. The number of hydrogen-bond donors (Lipinski definition) is 2. The minimum atomic E-state index is -0.385. The third kappa shape index (κ3) is 4.27. The van der Waals surface area contributed by atoms with E-state index in [1.54, 1.807) is 0 Å². The Morgan fingerprint density at radius 3 is 2.50 bits per heavy atom. The SMILES string of the molecule is CC(=O)NC(CC(=O)Nc1c2c(nn1-c1ccccc1)CCC2)c1ccc(C)cc1. The molecule has 2 aromatic carbocycles. The van der Waals surface area contributed by atoms with Crippen LogP contribution in [-0.2, 0) is 22.4 Å². The molecule has 0 saturated carbocycles. The Morgan fingerprint density at radius 2 is 1.80 bits per heavy atom. The number of para-hydroxylation sites is 1. The summed E-state index contributed by atoms with van der Waals surface area (Å²) in [5.74, 6) is 0.425. The number of aromatic nitrogens is 2. The number of aryl methyl sites for hydroxylation is 2. The van der Waals surface area contributed by atoms with Crippen molar-refractivity contribution in [1.82, 2.24) is 15.1 Å². The van der Waals surface area contributed by atoms with Crippen LogP contribution in [0.1, 0.15) is 48.2 Å². The number of carbonyl (C=O) groups is 2. The van der Waals surface area contributed by atoms with Crippen LogP contribution >= 0.6 is 0 Å². The van der Waals surface area contributed by atoms with Gasteiger partial charge in [0.2, 0.25) is 11.8 Å². The van der Waals surface area contributed by atoms with Crippen LogP contribution in [0.4, 0.5) is 5.82 Å². The number of nitrogens with one attached hydrogen (secondary N) is 2. The first-order chi connectivity index (χ1) is 14.5. The molecule has 30 heavy (non-hydrogen) atoms. The van der Waals surface area contributed by atoms with E-state index in [0.717, 1.165) is 53.2 Å². The molecule has 0 aliphatic heterocycles. The number of hydrogen-bond acceptors (Lipinski definition) is 3. The summed E-state index contributed by atoms with van der Waals surface area (Å²) in [4.78, 5) is 24.8. The van der Waals surface area contributed by atoms with Crippen molar-refractivity contribution in [2.45, 2.75) is 45.6 Å². The molecule has 1 atom stereocenters. The van der Waals surface area contributed by atoms with Gasteiger partial charge in [-0.25, -0.2) is 4.68 Å². The molecule has 4 rings (SSSR count). The van der Waals surface area contributed by atoms with Crippen molar-refractivity contribution >= 4 is 17.6 Å². The molecule has 1 heterocycles. The first-order valence-corrected chi connectivity index (χ1v) is 10.3. The second kappa shape index (κ2) is 8.53. The normalized spacial score (nSPS) is 13.5. The Labute approximate surface area is 176 Å². The number of amides is 2. The average molecular weight is 402 g/mol. The first kappa shape index (κ1) is 19.9. The van der Waals surface area contributed by atoms with Crippen LogP contribution in [0.5, 0.6) is 0 Å². The third-order valence-electron chi connectivity index (χ3n) is 5.41. The van der Waals surface area contributed by atoms with Crippen molar-refractivity contribution in [3.63, 3.8) is 0 Å². The largest absolute Gasteiger partial charge is 0.349 e. The number of fused-ring (bicyclic) bond motifs is 1. The highest BCUT2D eigenvalue weighted by molar-refractivity contribution is 5.92. The fourth-order valence-electron chi connectivity index (χ4n) is 3.94. The highest BCUT2D eigenvalue weighted by Crippen LogP contribution is 2.31. The van der Waals surface area contributed by atoms with Crippen LogP contribution in [0, 0.1) is 6.92 Å². The van der Waals surface area contributed by atoms with E-state index in [2.05, 4.69) is 10.6 Å². The summed E-state index contributed by atoms with van der Waals surface area (Å²) in [6, 6.07) is 17.3. The van der Waals surface area contributed by atoms with Crippen molar-refractivity contribution in [3.05, 3.63) is 77.0 Å². The zero-order chi connectivity index (χ0) is 21.1. The number of anilines is 1. The predicted octanol–water partition coefficient (Wildman–Crippen LogP) is 3.88. The quantitative estimate of drug-likeness (QED) is 0.657. The smallest absolute Gasteiger partial charge is 0.227 e. The molecule has 1 aliphatic carbocycles. The lowest BCUT2D eigenvalue weighted by Crippen LogP contribution is -2.30. The van der Waals surface area contributed by atoms with Gasteiger partial charge in [-0.3, -0.25) is 9.59 Å². The molecule has 6 nitrogen and oxygen atoms in total. The van der Waals surface area contributed by atoms with E-state index in [1.807, 2.05) is 66.2 Å². The lowest BCUT2D eigenvalue weighted by Gasteiger charge is -2.19. The molecule has 2 N–H and O–H groups in total. The standard InChI is InChI=1S/C24H26N4O2/c1-16-11-13-18(14-12-16)22(25-17(2)29)15-23(30)26-24-20-9-6-10-21(20)27-28(24)19-7-4-3-5-8-19/h3-5,7-8,11-14,22H,6,9-10,15H2,1-2H3,(H,25,29)(H,26,30). The lowest BCUT2D eigenvalue weighted by molar-refractivity contribution is -0.120. The van der Waals surface area contributed by atoms with Crippen molar-refractivity contribution in [2.24, 2.45) is 0 Å². The molecule has 0 spiro atoms. The monoisotopic (exact) mass is 402 g/mol. The van der Waals surface area contributed by atoms with E-state index in [9.17, 15) is 9.59 Å². The van der Waals surface area contributed by atoms with Gasteiger partial charge in [-0.15, -0.1) is 0 Å². The Hall–Kier alpha value is -3.41. The molecule has 3 aromatic rings. The fraction of sp³-hybridized carbons (Fsp3) is 0.292. The maximum atomic E-state index is 13.0. The number of benzene rings is 2. The van der Waals surface area contributed by atoms with Gasteiger partial charge in [-0.2, -0.15) is 5.10 Å². The molecule has 0 saturated heterocycles. The van der Waals surface area contributed by atoms with Gasteiger partial charge >= 0.3 is 0 Å². The first-order valence-electron chi connectivity index (χ1n) is 10.3. The van der Waals surface area contributed by atoms with Crippen LogP contribution in [-0.4, -0.2) is 21.6 Å². The maximum absolute atomic E-state index is 13.0. The second-order valence-electron chi connectivity index (χ2n) is 7.79. The maximum Gasteiger partial charge on any atom is 0.227 e. The summed E-state index contributed by atoms with van der Waals surface area (Å²) in [7, 11) is 0. The molecule has 0 bridgehead atoms. The van der Waals surface area contributed by atoms with Gasteiger partial charge in [0.1, 0.15) is 5.82 Å². The third-order valence-corrected chi connectivity index (χ3v) is 5.41. The predicted molar refractivity (Wildman–Crippen MR) is 117 cm³/mol. The Kier molecular flexibility index (Phi) is 5.65. The van der Waals surface area contributed by atoms with E-state index in [1.165, 1.54) is 6.92 Å². The van der Waals surface area contributed by atoms with Gasteiger partial charge in [0.05, 0.1) is 23.8 Å². The number of rotatable bonds is 6. The molecule has 1 unspecified atom stereocenters. The van der Waals surface area contributed by atoms with E-state index in [4.69, 9.17) is 5.10 Å². The van der Waals surface area contributed by atoms with Gasteiger partial charge in [0.25, 0.3) is 0 Å². The molecule has 0 radical (unpaired) electrons. The summed E-state index contributed by atoms with van der Waals surface area (Å²) in [5, 5.41) is 10.7. The van der Waals surface area contributed by atoms with E-state index >= 15 is 0 Å². The van der Waals surface area contributed by atoms with E-state index < -0.39 is 0 Å². The molecule has 1 aliphatic rings. The molecule has 154 valence electrons. The Morgan fingerprint density at radius 1 is 1.07 bits per heavy atom. The second-order valence-corrected chi connectivity index (χ2v) is 7.79. The molecule has 2 amide bonds. The lowest BCUT2D eigenvalue weighted by atomic mass is 10.0. The van der Waals surface area contributed by atoms with Crippen LogP contribution in [0.25, 0.3) is 5.69 Å². The summed E-state index contributed by atoms with van der Waals surface area (Å²) < 4.78 is 1.82. The van der Waals surface area contributed by atoms with Gasteiger partial charge in [-0.1, -0.05) is 48.0 Å². The molecule has 6 heteroatoms. The molecular formula is C24H26N4O2. The summed E-state index contributed by atoms with van der Waals surface area (Å²) >= 11 is 0. The van der Waals surface area contributed by atoms with Crippen LogP contribution in [0.3, 0.4) is 0 Å². The zero-order valence-electron chi connectivity index (χ0n) is 17.3. The highest BCUT2D eigenvalue weighted by Gasteiger charge is 2.25. The van der Waals surface area contributed by atoms with Crippen molar-refractivity contribution in [2.75, 3.05) is 5.32 Å². The van der Waals surface area contributed by atoms with Crippen molar-refractivity contribution in [3.8, 4) is 5.69 Å². The van der Waals surface area contributed by atoms with Crippen LogP contribution in [0.2, 0.25) is 0 Å².